The number of nitrogens with one attached hydrogen (secondary N) is 1. The number of thioether (sulfide) groups is 1. The molecule has 0 atom stereocenters. The van der Waals surface area contributed by atoms with Crippen LogP contribution in [0, 0.1) is 0 Å². The van der Waals surface area contributed by atoms with Gasteiger partial charge in [0.15, 0.2) is 4.07 Å². The van der Waals surface area contributed by atoms with E-state index in [0.29, 0.717) is 6.54 Å². The fraction of sp³-hybridized carbons (Fsp3) is 0.333. The van der Waals surface area contributed by atoms with Gasteiger partial charge < -0.3 is 5.32 Å². The van der Waals surface area contributed by atoms with E-state index in [4.69, 9.17) is 23.2 Å². The average molecular weight is 386 g/mol. The molecule has 1 N–H and O–H groups in total. The van der Waals surface area contributed by atoms with Crippen LogP contribution in [0.4, 0.5) is 0 Å². The highest BCUT2D eigenvalue weighted by atomic mass is 35.5. The van der Waals surface area contributed by atoms with Crippen LogP contribution >= 0.6 is 42.9 Å². The molecule has 2 rings (SSSR count). The molecule has 2 aromatic rings. The number of alkyl halides is 2. The highest BCUT2D eigenvalue weighted by molar-refractivity contribution is 7.99. The average Bonchev–Trinajstić information content (AvgIpc) is 2.56. The Bertz CT molecular complexity index is 526. The Hall–Kier alpha value is -0.240. The Kier molecular flexibility index (Phi) is 8.23. The maximum atomic E-state index is 6.81. The topological polar surface area (TPSA) is 12.0 Å². The SMILES string of the molecule is CCSCCNCC(Cl)(Cl)P(c1ccccc1)c1ccccc1. The van der Waals surface area contributed by atoms with Gasteiger partial charge in [0.2, 0.25) is 0 Å². The molecule has 0 fully saturated rings. The van der Waals surface area contributed by atoms with E-state index in [2.05, 4.69) is 36.5 Å². The molecule has 23 heavy (non-hydrogen) atoms. The van der Waals surface area contributed by atoms with Crippen LogP contribution in [0.5, 0.6) is 0 Å². The van der Waals surface area contributed by atoms with Crippen molar-refractivity contribution in [3.8, 4) is 0 Å². The van der Waals surface area contributed by atoms with Gasteiger partial charge in [0.25, 0.3) is 0 Å². The molecule has 0 amide bonds. The largest absolute Gasteiger partial charge is 0.313 e. The predicted octanol–water partition coefficient (Wildman–Crippen LogP) is 4.59. The molecular weight excluding hydrogens is 364 g/mol. The van der Waals surface area contributed by atoms with E-state index in [-0.39, 0.29) is 0 Å². The van der Waals surface area contributed by atoms with Crippen LogP contribution in [0.3, 0.4) is 0 Å². The van der Waals surface area contributed by atoms with Gasteiger partial charge in [-0.2, -0.15) is 11.8 Å². The van der Waals surface area contributed by atoms with Gasteiger partial charge in [-0.25, -0.2) is 0 Å². The molecule has 0 aliphatic carbocycles. The van der Waals surface area contributed by atoms with Crippen molar-refractivity contribution in [2.75, 3.05) is 24.6 Å². The van der Waals surface area contributed by atoms with Crippen molar-refractivity contribution in [1.29, 1.82) is 0 Å². The fourth-order valence-corrected chi connectivity index (χ4v) is 6.49. The zero-order valence-corrected chi connectivity index (χ0v) is 16.4. The van der Waals surface area contributed by atoms with Crippen molar-refractivity contribution in [2.24, 2.45) is 0 Å². The molecule has 0 radical (unpaired) electrons. The van der Waals surface area contributed by atoms with Crippen molar-refractivity contribution >= 4 is 53.5 Å². The first kappa shape index (κ1) is 19.1. The summed E-state index contributed by atoms with van der Waals surface area (Å²) < 4.78 is -0.838. The highest BCUT2D eigenvalue weighted by Crippen LogP contribution is 2.53. The van der Waals surface area contributed by atoms with Gasteiger partial charge >= 0.3 is 0 Å². The van der Waals surface area contributed by atoms with Crippen LogP contribution in [-0.2, 0) is 0 Å². The van der Waals surface area contributed by atoms with E-state index in [1.807, 2.05) is 48.2 Å². The molecule has 0 unspecified atom stereocenters. The number of benzene rings is 2. The number of halogens is 2. The summed E-state index contributed by atoms with van der Waals surface area (Å²) in [4.78, 5) is 0. The number of hydrogen-bond donors (Lipinski definition) is 1. The second-order valence-corrected chi connectivity index (χ2v) is 10.9. The molecule has 0 saturated carbocycles. The normalized spacial score (nSPS) is 11.8. The van der Waals surface area contributed by atoms with Crippen LogP contribution in [0.15, 0.2) is 60.7 Å². The maximum absolute atomic E-state index is 6.81. The lowest BCUT2D eigenvalue weighted by molar-refractivity contribution is 0.736. The minimum absolute atomic E-state index is 0.579. The number of rotatable bonds is 9. The smallest absolute Gasteiger partial charge is 0.157 e. The molecule has 0 aromatic heterocycles. The standard InChI is InChI=1S/C18H22Cl2NPS/c1-2-23-14-13-21-15-18(19,20)22(16-9-5-3-6-10-16)17-11-7-4-8-12-17/h3-12,21H,2,13-15H2,1H3. The molecule has 0 saturated heterocycles. The van der Waals surface area contributed by atoms with Crippen molar-refractivity contribution in [1.82, 2.24) is 5.32 Å². The van der Waals surface area contributed by atoms with Gasteiger partial charge in [-0.3, -0.25) is 0 Å². The van der Waals surface area contributed by atoms with Crippen LogP contribution in [0.2, 0.25) is 0 Å². The van der Waals surface area contributed by atoms with E-state index < -0.39 is 12.0 Å². The van der Waals surface area contributed by atoms with Crippen LogP contribution in [0.1, 0.15) is 6.92 Å². The van der Waals surface area contributed by atoms with Gasteiger partial charge in [-0.05, 0) is 24.3 Å². The zero-order valence-electron chi connectivity index (χ0n) is 13.2. The molecule has 0 bridgehead atoms. The van der Waals surface area contributed by atoms with Crippen LogP contribution in [-0.4, -0.2) is 28.7 Å². The summed E-state index contributed by atoms with van der Waals surface area (Å²) in [6, 6.07) is 20.7. The van der Waals surface area contributed by atoms with Crippen LogP contribution in [0.25, 0.3) is 0 Å². The predicted molar refractivity (Wildman–Crippen MR) is 109 cm³/mol. The van der Waals surface area contributed by atoms with Gasteiger partial charge in [-0.15, -0.1) is 0 Å². The van der Waals surface area contributed by atoms with Gasteiger partial charge in [0.05, 0.1) is 0 Å². The summed E-state index contributed by atoms with van der Waals surface area (Å²) in [6.07, 6.45) is 0. The quantitative estimate of drug-likeness (QED) is 0.384. The summed E-state index contributed by atoms with van der Waals surface area (Å²) in [6.45, 7) is 3.67. The van der Waals surface area contributed by atoms with Gasteiger partial charge in [0.1, 0.15) is 0 Å². The molecule has 124 valence electrons. The Labute approximate surface area is 154 Å². The number of hydrogen-bond acceptors (Lipinski definition) is 2. The third kappa shape index (κ3) is 5.96. The lowest BCUT2D eigenvalue weighted by Crippen LogP contribution is -2.36. The minimum atomic E-state index is -0.857. The van der Waals surface area contributed by atoms with Crippen LogP contribution < -0.4 is 15.9 Å². The van der Waals surface area contributed by atoms with E-state index in [0.717, 1.165) is 18.1 Å². The summed E-state index contributed by atoms with van der Waals surface area (Å²) in [5.74, 6) is 2.21. The Morgan fingerprint density at radius 2 is 1.48 bits per heavy atom. The monoisotopic (exact) mass is 385 g/mol. The first-order valence-electron chi connectivity index (χ1n) is 7.72. The second-order valence-electron chi connectivity index (χ2n) is 5.05. The molecule has 1 nitrogen and oxygen atoms in total. The second kappa shape index (κ2) is 9.91. The van der Waals surface area contributed by atoms with Crippen molar-refractivity contribution < 1.29 is 0 Å². The zero-order chi connectivity index (χ0) is 16.5. The van der Waals surface area contributed by atoms with Crippen molar-refractivity contribution in [3.63, 3.8) is 0 Å². The fourth-order valence-electron chi connectivity index (χ4n) is 2.29. The summed E-state index contributed by atoms with van der Waals surface area (Å²) in [5.41, 5.74) is 0. The van der Waals surface area contributed by atoms with E-state index in [1.165, 1.54) is 10.6 Å². The molecule has 0 aliphatic rings. The summed E-state index contributed by atoms with van der Waals surface area (Å²) >= 11 is 15.5. The lowest BCUT2D eigenvalue weighted by atomic mass is 10.4. The van der Waals surface area contributed by atoms with Gasteiger partial charge in [-0.1, -0.05) is 90.8 Å². The third-order valence-corrected chi connectivity index (χ3v) is 7.94. The Morgan fingerprint density at radius 1 is 0.957 bits per heavy atom. The summed E-state index contributed by atoms with van der Waals surface area (Å²) in [7, 11) is -0.857. The van der Waals surface area contributed by atoms with E-state index >= 15 is 0 Å². The molecule has 0 aliphatic heterocycles. The van der Waals surface area contributed by atoms with E-state index in [9.17, 15) is 0 Å². The molecular formula is C18H22Cl2NPS. The van der Waals surface area contributed by atoms with Crippen molar-refractivity contribution in [2.45, 2.75) is 11.0 Å². The molecule has 0 heterocycles. The molecule has 0 spiro atoms. The van der Waals surface area contributed by atoms with Gasteiger partial charge in [0, 0.05) is 18.8 Å². The Morgan fingerprint density at radius 3 is 1.96 bits per heavy atom. The summed E-state index contributed by atoms with van der Waals surface area (Å²) in [5, 5.41) is 5.81. The first-order chi connectivity index (χ1) is 11.1. The molecule has 2 aromatic carbocycles. The maximum Gasteiger partial charge on any atom is 0.157 e. The third-order valence-electron chi connectivity index (χ3n) is 3.32. The highest BCUT2D eigenvalue weighted by Gasteiger charge is 2.36. The first-order valence-corrected chi connectivity index (χ1v) is 11.0. The minimum Gasteiger partial charge on any atom is -0.313 e. The lowest BCUT2D eigenvalue weighted by Gasteiger charge is -2.31. The van der Waals surface area contributed by atoms with E-state index in [1.54, 1.807) is 0 Å². The Balaban J connectivity index is 2.16. The van der Waals surface area contributed by atoms with Crippen molar-refractivity contribution in [3.05, 3.63) is 60.7 Å². The molecule has 5 heteroatoms.